The normalized spacial score (nSPS) is 14.0. The van der Waals surface area contributed by atoms with Gasteiger partial charge in [0.15, 0.2) is 0 Å². The van der Waals surface area contributed by atoms with Crippen LogP contribution in [-0.2, 0) is 0 Å². The van der Waals surface area contributed by atoms with Crippen molar-refractivity contribution in [3.05, 3.63) is 69.7 Å². The second-order valence-electron chi connectivity index (χ2n) is 4.96. The molecule has 5 heteroatoms. The second kappa shape index (κ2) is 6.52. The van der Waals surface area contributed by atoms with Crippen LogP contribution in [-0.4, -0.2) is 11.7 Å². The summed E-state index contributed by atoms with van der Waals surface area (Å²) in [7, 11) is 0. The number of hydrogen-bond donors (Lipinski definition) is 2. The summed E-state index contributed by atoms with van der Waals surface area (Å²) in [5, 5.41) is 11.0. The topological polar surface area (TPSA) is 46.2 Å². The fraction of sp³-hybridized carbons (Fsp3) is 0.250. The van der Waals surface area contributed by atoms with Crippen molar-refractivity contribution in [3.63, 3.8) is 0 Å². The van der Waals surface area contributed by atoms with Gasteiger partial charge in [-0.3, -0.25) is 0 Å². The maximum absolute atomic E-state index is 13.9. The maximum Gasteiger partial charge on any atom is 0.131 e. The zero-order valence-electron chi connectivity index (χ0n) is 11.5. The van der Waals surface area contributed by atoms with E-state index in [-0.39, 0.29) is 17.7 Å². The number of rotatable bonds is 4. The lowest BCUT2D eigenvalue weighted by Gasteiger charge is -2.23. The monoisotopic (exact) mass is 311 g/mol. The minimum atomic E-state index is -1.16. The number of halogens is 3. The van der Waals surface area contributed by atoms with Crippen molar-refractivity contribution < 1.29 is 13.9 Å². The average Bonchev–Trinajstić information content (AvgIpc) is 2.45. The molecule has 2 aromatic carbocycles. The highest BCUT2D eigenvalue weighted by atomic mass is 35.5. The van der Waals surface area contributed by atoms with Crippen LogP contribution in [0.5, 0.6) is 0 Å². The number of hydrogen-bond acceptors (Lipinski definition) is 2. The minimum absolute atomic E-state index is 0.0410. The van der Waals surface area contributed by atoms with E-state index in [4.69, 9.17) is 17.3 Å². The molecular weight excluding hydrogens is 296 g/mol. The number of aryl methyl sites for hydroxylation is 1. The molecule has 2 atom stereocenters. The van der Waals surface area contributed by atoms with E-state index in [1.807, 2.05) is 0 Å². The lowest BCUT2D eigenvalue weighted by atomic mass is 9.88. The molecule has 0 saturated heterocycles. The van der Waals surface area contributed by atoms with Crippen LogP contribution in [0.4, 0.5) is 8.78 Å². The highest BCUT2D eigenvalue weighted by Crippen LogP contribution is 2.33. The molecule has 2 unspecified atom stereocenters. The Kier molecular flexibility index (Phi) is 4.93. The van der Waals surface area contributed by atoms with Crippen LogP contribution in [0.3, 0.4) is 0 Å². The Labute approximate surface area is 127 Å². The van der Waals surface area contributed by atoms with Gasteiger partial charge in [0, 0.05) is 29.1 Å². The van der Waals surface area contributed by atoms with Gasteiger partial charge < -0.3 is 10.8 Å². The standard InChI is InChI=1S/C16H16ClF2NO/c1-9-6-12(15(19)7-14(9)18)16(21)13(8-20)10-2-4-11(17)5-3-10/h2-7,13,16,21H,8,20H2,1H3. The molecule has 2 nitrogen and oxygen atoms in total. The number of aliphatic hydroxyl groups is 1. The molecule has 2 rings (SSSR count). The first kappa shape index (κ1) is 15.9. The van der Waals surface area contributed by atoms with Crippen LogP contribution >= 0.6 is 11.6 Å². The Hall–Kier alpha value is -1.49. The minimum Gasteiger partial charge on any atom is -0.388 e. The van der Waals surface area contributed by atoms with Gasteiger partial charge in [0.2, 0.25) is 0 Å². The highest BCUT2D eigenvalue weighted by molar-refractivity contribution is 6.30. The molecule has 3 N–H and O–H groups in total. The number of nitrogens with two attached hydrogens (primary N) is 1. The Bertz CT molecular complexity index is 631. The zero-order chi connectivity index (χ0) is 15.6. The molecule has 112 valence electrons. The molecule has 0 radical (unpaired) electrons. The number of aliphatic hydroxyl groups excluding tert-OH is 1. The third-order valence-electron chi connectivity index (χ3n) is 3.53. The van der Waals surface area contributed by atoms with Crippen molar-refractivity contribution in [2.24, 2.45) is 5.73 Å². The van der Waals surface area contributed by atoms with Crippen LogP contribution < -0.4 is 5.73 Å². The Morgan fingerprint density at radius 2 is 1.76 bits per heavy atom. The van der Waals surface area contributed by atoms with E-state index in [0.29, 0.717) is 5.02 Å². The molecule has 0 aliphatic rings. The molecule has 0 fully saturated rings. The smallest absolute Gasteiger partial charge is 0.131 e. The predicted molar refractivity (Wildman–Crippen MR) is 79.3 cm³/mol. The predicted octanol–water partition coefficient (Wildman–Crippen LogP) is 3.70. The van der Waals surface area contributed by atoms with Gasteiger partial charge in [-0.15, -0.1) is 0 Å². The lowest BCUT2D eigenvalue weighted by molar-refractivity contribution is 0.143. The first-order chi connectivity index (χ1) is 9.93. The molecule has 0 aliphatic heterocycles. The van der Waals surface area contributed by atoms with Crippen molar-refractivity contribution in [1.29, 1.82) is 0 Å². The van der Waals surface area contributed by atoms with Crippen molar-refractivity contribution in [1.82, 2.24) is 0 Å². The van der Waals surface area contributed by atoms with Crippen LogP contribution in [0, 0.1) is 18.6 Å². The Morgan fingerprint density at radius 1 is 1.14 bits per heavy atom. The molecule has 0 spiro atoms. The molecule has 0 amide bonds. The van der Waals surface area contributed by atoms with Crippen molar-refractivity contribution in [3.8, 4) is 0 Å². The summed E-state index contributed by atoms with van der Waals surface area (Å²) in [6.45, 7) is 1.64. The van der Waals surface area contributed by atoms with Gasteiger partial charge in [0.1, 0.15) is 11.6 Å². The molecule has 21 heavy (non-hydrogen) atoms. The van der Waals surface area contributed by atoms with Crippen molar-refractivity contribution in [2.45, 2.75) is 18.9 Å². The van der Waals surface area contributed by atoms with E-state index in [1.165, 1.54) is 13.0 Å². The Balaban J connectivity index is 2.38. The summed E-state index contributed by atoms with van der Waals surface area (Å²) in [6, 6.07) is 8.92. The third-order valence-corrected chi connectivity index (χ3v) is 3.78. The molecule has 0 bridgehead atoms. The molecular formula is C16H16ClF2NO. The van der Waals surface area contributed by atoms with E-state index >= 15 is 0 Å². The first-order valence-corrected chi connectivity index (χ1v) is 6.91. The summed E-state index contributed by atoms with van der Waals surface area (Å²) in [4.78, 5) is 0. The van der Waals surface area contributed by atoms with Crippen LogP contribution in [0.2, 0.25) is 5.02 Å². The summed E-state index contributed by atoms with van der Waals surface area (Å²) in [5.41, 5.74) is 6.77. The van der Waals surface area contributed by atoms with Gasteiger partial charge in [0.25, 0.3) is 0 Å². The number of benzene rings is 2. The summed E-state index contributed by atoms with van der Waals surface area (Å²) >= 11 is 5.82. The van der Waals surface area contributed by atoms with E-state index in [1.54, 1.807) is 24.3 Å². The quantitative estimate of drug-likeness (QED) is 0.904. The summed E-state index contributed by atoms with van der Waals surface area (Å²) in [6.07, 6.45) is -1.16. The van der Waals surface area contributed by atoms with Crippen molar-refractivity contribution >= 4 is 11.6 Å². The van der Waals surface area contributed by atoms with Crippen LogP contribution in [0.1, 0.15) is 28.7 Å². The Morgan fingerprint density at radius 3 is 2.33 bits per heavy atom. The van der Waals surface area contributed by atoms with Gasteiger partial charge in [0.05, 0.1) is 6.10 Å². The van der Waals surface area contributed by atoms with Gasteiger partial charge in [-0.25, -0.2) is 8.78 Å². The van der Waals surface area contributed by atoms with E-state index < -0.39 is 23.7 Å². The lowest BCUT2D eigenvalue weighted by Crippen LogP contribution is -2.21. The molecule has 2 aromatic rings. The molecule has 0 saturated carbocycles. The summed E-state index contributed by atoms with van der Waals surface area (Å²) in [5.74, 6) is -1.92. The average molecular weight is 312 g/mol. The van der Waals surface area contributed by atoms with E-state index in [0.717, 1.165) is 11.6 Å². The van der Waals surface area contributed by atoms with Crippen molar-refractivity contribution in [2.75, 3.05) is 6.54 Å². The summed E-state index contributed by atoms with van der Waals surface area (Å²) < 4.78 is 27.2. The fourth-order valence-corrected chi connectivity index (χ4v) is 2.41. The van der Waals surface area contributed by atoms with Crippen LogP contribution in [0.25, 0.3) is 0 Å². The maximum atomic E-state index is 13.9. The second-order valence-corrected chi connectivity index (χ2v) is 5.40. The molecule has 0 aliphatic carbocycles. The zero-order valence-corrected chi connectivity index (χ0v) is 12.2. The van der Waals surface area contributed by atoms with Crippen LogP contribution in [0.15, 0.2) is 36.4 Å². The fourth-order valence-electron chi connectivity index (χ4n) is 2.28. The van der Waals surface area contributed by atoms with Gasteiger partial charge >= 0.3 is 0 Å². The van der Waals surface area contributed by atoms with E-state index in [2.05, 4.69) is 0 Å². The van der Waals surface area contributed by atoms with Gasteiger partial charge in [-0.05, 0) is 36.2 Å². The van der Waals surface area contributed by atoms with Gasteiger partial charge in [-0.2, -0.15) is 0 Å². The molecule has 0 aromatic heterocycles. The highest BCUT2D eigenvalue weighted by Gasteiger charge is 2.25. The van der Waals surface area contributed by atoms with Gasteiger partial charge in [-0.1, -0.05) is 23.7 Å². The van der Waals surface area contributed by atoms with E-state index in [9.17, 15) is 13.9 Å². The third kappa shape index (κ3) is 3.40. The molecule has 0 heterocycles. The largest absolute Gasteiger partial charge is 0.388 e. The SMILES string of the molecule is Cc1cc(C(O)C(CN)c2ccc(Cl)cc2)c(F)cc1F. The first-order valence-electron chi connectivity index (χ1n) is 6.53.